The van der Waals surface area contributed by atoms with Crippen LogP contribution in [0.5, 0.6) is 5.75 Å². The summed E-state index contributed by atoms with van der Waals surface area (Å²) < 4.78 is 7.36. The monoisotopic (exact) mass is 279 g/mol. The number of ether oxygens (including phenoxy) is 1. The molecule has 0 unspecified atom stereocenters. The molecule has 0 aliphatic carbocycles. The zero-order valence-corrected chi connectivity index (χ0v) is 13.3. The quantitative estimate of drug-likeness (QED) is 0.746. The van der Waals surface area contributed by atoms with Crippen LogP contribution >= 0.6 is 0 Å². The number of nitrogens with zero attached hydrogens (tertiary/aromatic N) is 2. The zero-order chi connectivity index (χ0) is 13.4. The number of carboxylic acids is 1. The van der Waals surface area contributed by atoms with Crippen LogP contribution in [0.1, 0.15) is 17.4 Å². The van der Waals surface area contributed by atoms with E-state index in [4.69, 9.17) is 9.84 Å². The van der Waals surface area contributed by atoms with Gasteiger partial charge in [0, 0.05) is 47.2 Å². The van der Waals surface area contributed by atoms with Gasteiger partial charge < -0.3 is 9.84 Å². The van der Waals surface area contributed by atoms with Gasteiger partial charge in [-0.1, -0.05) is 12.1 Å². The van der Waals surface area contributed by atoms with Gasteiger partial charge in [0.05, 0.1) is 12.1 Å². The third-order valence-corrected chi connectivity index (χ3v) is 2.94. The number of imidazole rings is 1. The van der Waals surface area contributed by atoms with Gasteiger partial charge >= 0.3 is 5.97 Å². The summed E-state index contributed by atoms with van der Waals surface area (Å²) in [5.41, 5.74) is 1.47. The minimum atomic E-state index is -1.04. The Morgan fingerprint density at radius 1 is 1.40 bits per heavy atom. The number of carbonyl (C=O) groups is 1. The Balaban J connectivity index is 0.00000147. The first-order valence-electron chi connectivity index (χ1n) is 5.97. The number of fused-ring (bicyclic) bond motifs is 3. The molecule has 2 heterocycles. The second-order valence-corrected chi connectivity index (χ2v) is 4.12. The molecular formula is C14H12N2NaO3. The first-order valence-corrected chi connectivity index (χ1v) is 5.97. The third kappa shape index (κ3) is 2.40. The van der Waals surface area contributed by atoms with Crippen molar-refractivity contribution in [2.45, 2.75) is 6.92 Å². The van der Waals surface area contributed by atoms with E-state index in [1.807, 2.05) is 31.2 Å². The summed E-state index contributed by atoms with van der Waals surface area (Å²) in [6.45, 7) is 2.46. The summed E-state index contributed by atoms with van der Waals surface area (Å²) in [7, 11) is 0. The molecule has 97 valence electrons. The minimum absolute atomic E-state index is 0. The van der Waals surface area contributed by atoms with Crippen LogP contribution < -0.4 is 4.74 Å². The van der Waals surface area contributed by atoms with Crippen LogP contribution in [0.4, 0.5) is 0 Å². The largest absolute Gasteiger partial charge is 0.493 e. The molecule has 0 bridgehead atoms. The number of benzene rings is 1. The van der Waals surface area contributed by atoms with Gasteiger partial charge in [-0.15, -0.1) is 0 Å². The van der Waals surface area contributed by atoms with Crippen molar-refractivity contribution in [3.63, 3.8) is 0 Å². The first kappa shape index (κ1) is 14.8. The summed E-state index contributed by atoms with van der Waals surface area (Å²) >= 11 is 0. The molecule has 0 spiro atoms. The molecule has 1 radical (unpaired) electrons. The predicted octanol–water partition coefficient (Wildman–Crippen LogP) is 2.20. The Bertz CT molecular complexity index is 783. The first-order chi connectivity index (χ1) is 9.20. The molecule has 1 N–H and O–H groups in total. The number of hydrogen-bond acceptors (Lipinski definition) is 3. The number of para-hydroxylation sites is 1. The van der Waals surface area contributed by atoms with Gasteiger partial charge in [-0.05, 0) is 19.1 Å². The van der Waals surface area contributed by atoms with Crippen LogP contribution in [0.25, 0.3) is 16.6 Å². The van der Waals surface area contributed by atoms with Gasteiger partial charge in [0.1, 0.15) is 11.4 Å². The second-order valence-electron chi connectivity index (χ2n) is 4.12. The van der Waals surface area contributed by atoms with E-state index in [-0.39, 0.29) is 35.3 Å². The number of rotatable bonds is 3. The average molecular weight is 279 g/mol. The second kappa shape index (κ2) is 5.83. The summed E-state index contributed by atoms with van der Waals surface area (Å²) in [5.74, 6) is -0.320. The Morgan fingerprint density at radius 2 is 2.15 bits per heavy atom. The van der Waals surface area contributed by atoms with Crippen LogP contribution in [0.3, 0.4) is 0 Å². The predicted molar refractivity (Wildman–Crippen MR) is 76.6 cm³/mol. The van der Waals surface area contributed by atoms with Gasteiger partial charge in [-0.2, -0.15) is 0 Å². The van der Waals surface area contributed by atoms with Crippen molar-refractivity contribution in [3.8, 4) is 5.75 Å². The number of carboxylic acid groups (broad SMARTS) is 1. The smallest absolute Gasteiger partial charge is 0.356 e. The topological polar surface area (TPSA) is 63.8 Å². The molecule has 5 nitrogen and oxygen atoms in total. The molecule has 0 aliphatic rings. The van der Waals surface area contributed by atoms with Gasteiger partial charge in [0.15, 0.2) is 5.69 Å². The normalized spacial score (nSPS) is 10.4. The van der Waals surface area contributed by atoms with E-state index in [9.17, 15) is 4.79 Å². The Kier molecular flexibility index (Phi) is 4.32. The molecule has 0 fully saturated rings. The van der Waals surface area contributed by atoms with E-state index in [0.717, 1.165) is 10.9 Å². The van der Waals surface area contributed by atoms with Gasteiger partial charge in [0.25, 0.3) is 0 Å². The maximum atomic E-state index is 11.0. The molecular weight excluding hydrogens is 267 g/mol. The fraction of sp³-hybridized carbons (Fsp3) is 0.143. The molecule has 20 heavy (non-hydrogen) atoms. The Morgan fingerprint density at radius 3 is 2.85 bits per heavy atom. The molecule has 0 amide bonds. The molecule has 2 aromatic heterocycles. The summed E-state index contributed by atoms with van der Waals surface area (Å²) in [6, 6.07) is 9.44. The fourth-order valence-corrected chi connectivity index (χ4v) is 2.15. The van der Waals surface area contributed by atoms with E-state index in [1.54, 1.807) is 10.5 Å². The maximum Gasteiger partial charge on any atom is 0.356 e. The van der Waals surface area contributed by atoms with Crippen molar-refractivity contribution >= 4 is 52.1 Å². The maximum absolute atomic E-state index is 11.0. The van der Waals surface area contributed by atoms with E-state index in [2.05, 4.69) is 4.98 Å². The van der Waals surface area contributed by atoms with Crippen LogP contribution in [0, 0.1) is 0 Å². The van der Waals surface area contributed by atoms with Crippen LogP contribution in [0.2, 0.25) is 0 Å². The van der Waals surface area contributed by atoms with Crippen molar-refractivity contribution < 1.29 is 14.6 Å². The van der Waals surface area contributed by atoms with Crippen molar-refractivity contribution in [3.05, 3.63) is 42.2 Å². The average Bonchev–Trinajstić information content (AvgIpc) is 2.83. The van der Waals surface area contributed by atoms with Crippen molar-refractivity contribution in [1.82, 2.24) is 9.38 Å². The molecule has 3 aromatic rings. The van der Waals surface area contributed by atoms with E-state index < -0.39 is 5.97 Å². The third-order valence-electron chi connectivity index (χ3n) is 2.94. The van der Waals surface area contributed by atoms with E-state index >= 15 is 0 Å². The molecule has 6 heteroatoms. The molecule has 0 atom stereocenters. The summed E-state index contributed by atoms with van der Waals surface area (Å²) in [4.78, 5) is 15.1. The van der Waals surface area contributed by atoms with Gasteiger partial charge in [0.2, 0.25) is 0 Å². The van der Waals surface area contributed by atoms with Gasteiger partial charge in [-0.25, -0.2) is 9.78 Å². The number of aromatic carboxylic acids is 1. The number of aromatic nitrogens is 2. The number of hydrogen-bond donors (Lipinski definition) is 1. The Labute approximate surface area is 137 Å². The van der Waals surface area contributed by atoms with Crippen LogP contribution in [0.15, 0.2) is 36.5 Å². The number of pyridine rings is 1. The molecule has 3 rings (SSSR count). The summed E-state index contributed by atoms with van der Waals surface area (Å²) in [6.07, 6.45) is 1.52. The molecule has 0 saturated heterocycles. The Hall–Kier alpha value is -1.56. The van der Waals surface area contributed by atoms with Gasteiger partial charge in [-0.3, -0.25) is 4.40 Å². The van der Waals surface area contributed by atoms with Crippen molar-refractivity contribution in [1.29, 1.82) is 0 Å². The van der Waals surface area contributed by atoms with Crippen molar-refractivity contribution in [2.75, 3.05) is 6.61 Å². The van der Waals surface area contributed by atoms with E-state index in [1.165, 1.54) is 6.20 Å². The fourth-order valence-electron chi connectivity index (χ4n) is 2.15. The minimum Gasteiger partial charge on any atom is -0.493 e. The SMILES string of the molecule is CCOc1cc2nc(C(=O)O)cn2c2ccccc12.[Na]. The molecule has 0 aliphatic heterocycles. The summed E-state index contributed by atoms with van der Waals surface area (Å²) in [5, 5.41) is 9.96. The van der Waals surface area contributed by atoms with Crippen LogP contribution in [-0.2, 0) is 0 Å². The zero-order valence-electron chi connectivity index (χ0n) is 11.3. The van der Waals surface area contributed by atoms with Crippen LogP contribution in [-0.4, -0.2) is 56.6 Å². The molecule has 0 saturated carbocycles. The molecule has 1 aromatic carbocycles. The standard InChI is InChI=1S/C14H12N2O3.Na/c1-2-19-12-7-13-15-10(14(17)18)8-16(13)11-6-4-3-5-9(11)12;/h3-8H,2H2,1H3,(H,17,18);. The van der Waals surface area contributed by atoms with E-state index in [0.29, 0.717) is 18.0 Å². The van der Waals surface area contributed by atoms with Crippen molar-refractivity contribution in [2.24, 2.45) is 0 Å².